The number of hydrogen-bond donors (Lipinski definition) is 2. The summed E-state index contributed by atoms with van der Waals surface area (Å²) in [5, 5.41) is 19.6. The Balaban J connectivity index is 2.31. The molecule has 0 fully saturated rings. The van der Waals surface area contributed by atoms with Crippen LogP contribution in [0.1, 0.15) is 12.6 Å². The van der Waals surface area contributed by atoms with Gasteiger partial charge in [-0.05, 0) is 36.4 Å². The Labute approximate surface area is 170 Å². The smallest absolute Gasteiger partial charge is 0.308 e. The predicted octanol–water partition coefficient (Wildman–Crippen LogP) is 3.60. The van der Waals surface area contributed by atoms with Gasteiger partial charge in [0.15, 0.2) is 5.17 Å². The van der Waals surface area contributed by atoms with Gasteiger partial charge in [-0.15, -0.1) is 0 Å². The number of carbonyl (C=O) groups excluding carboxylic acids is 1. The zero-order chi connectivity index (χ0) is 21.1. The summed E-state index contributed by atoms with van der Waals surface area (Å²) in [4.78, 5) is 22.8. The Kier molecular flexibility index (Phi) is 5.74. The number of thioether (sulfide) groups is 1. The molecule has 2 aromatic carbocycles. The second kappa shape index (κ2) is 8.23. The summed E-state index contributed by atoms with van der Waals surface area (Å²) in [6.07, 6.45) is 0. The zero-order valence-corrected chi connectivity index (χ0v) is 16.5. The standard InChI is InChI=1S/C19H18N4O5S/c1-11(24)28-14-7-8-15-16(9-14)22(12-3-5-13(27-2)6-4-12)17(10-29-19(20)21)18(15)23(25)26/h3-9H,10H2,1-2H3,(H3,20,21). The van der Waals surface area contributed by atoms with Crippen molar-refractivity contribution in [3.8, 4) is 17.2 Å². The number of carbonyl (C=O) groups is 1. The van der Waals surface area contributed by atoms with E-state index in [1.165, 1.54) is 13.0 Å². The molecule has 0 unspecified atom stereocenters. The molecule has 0 saturated carbocycles. The summed E-state index contributed by atoms with van der Waals surface area (Å²) in [6, 6.07) is 11.7. The number of fused-ring (bicyclic) bond motifs is 1. The normalized spacial score (nSPS) is 10.7. The van der Waals surface area contributed by atoms with Crippen LogP contribution in [0, 0.1) is 15.5 Å². The molecule has 0 atom stereocenters. The molecule has 0 spiro atoms. The molecule has 0 radical (unpaired) electrons. The number of esters is 1. The number of hydrogen-bond acceptors (Lipinski definition) is 7. The van der Waals surface area contributed by atoms with Gasteiger partial charge in [-0.3, -0.25) is 20.3 Å². The van der Waals surface area contributed by atoms with Crippen molar-refractivity contribution in [2.75, 3.05) is 7.11 Å². The van der Waals surface area contributed by atoms with Gasteiger partial charge in [0.05, 0.1) is 22.9 Å². The maximum absolute atomic E-state index is 11.9. The van der Waals surface area contributed by atoms with Crippen LogP contribution in [0.4, 0.5) is 5.69 Å². The third-order valence-electron chi connectivity index (χ3n) is 4.15. The molecule has 10 heteroatoms. The van der Waals surface area contributed by atoms with E-state index in [9.17, 15) is 14.9 Å². The molecular weight excluding hydrogens is 396 g/mol. The third-order valence-corrected chi connectivity index (χ3v) is 4.88. The van der Waals surface area contributed by atoms with Gasteiger partial charge in [-0.25, -0.2) is 0 Å². The quantitative estimate of drug-likeness (QED) is 0.157. The lowest BCUT2D eigenvalue weighted by atomic mass is 10.2. The number of amidine groups is 1. The Morgan fingerprint density at radius 1 is 1.24 bits per heavy atom. The average molecular weight is 414 g/mol. The molecule has 1 heterocycles. The van der Waals surface area contributed by atoms with Gasteiger partial charge in [0, 0.05) is 24.4 Å². The van der Waals surface area contributed by atoms with Crippen LogP contribution in [-0.2, 0) is 10.5 Å². The van der Waals surface area contributed by atoms with E-state index in [0.29, 0.717) is 28.0 Å². The highest BCUT2D eigenvalue weighted by Gasteiger charge is 2.27. The lowest BCUT2D eigenvalue weighted by molar-refractivity contribution is -0.383. The predicted molar refractivity (Wildman–Crippen MR) is 111 cm³/mol. The van der Waals surface area contributed by atoms with Crippen molar-refractivity contribution in [2.24, 2.45) is 5.73 Å². The third kappa shape index (κ3) is 4.16. The van der Waals surface area contributed by atoms with Gasteiger partial charge in [-0.1, -0.05) is 11.8 Å². The SMILES string of the molecule is COc1ccc(-n2c(CSC(=N)N)c([N+](=O)[O-])c3ccc(OC(C)=O)cc32)cc1. The molecule has 1 aromatic heterocycles. The maximum atomic E-state index is 11.9. The molecule has 0 aliphatic carbocycles. The van der Waals surface area contributed by atoms with Crippen molar-refractivity contribution in [3.05, 3.63) is 58.3 Å². The summed E-state index contributed by atoms with van der Waals surface area (Å²) >= 11 is 0.988. The number of rotatable bonds is 6. The number of nitrogens with two attached hydrogens (primary N) is 1. The molecule has 0 amide bonds. The highest BCUT2D eigenvalue weighted by Crippen LogP contribution is 2.39. The number of ether oxygens (including phenoxy) is 2. The number of nitro groups is 1. The fraction of sp³-hybridized carbons (Fsp3) is 0.158. The van der Waals surface area contributed by atoms with Crippen LogP contribution in [0.3, 0.4) is 0 Å². The van der Waals surface area contributed by atoms with E-state index in [-0.39, 0.29) is 22.4 Å². The summed E-state index contributed by atoms with van der Waals surface area (Å²) in [5.41, 5.74) is 6.90. The van der Waals surface area contributed by atoms with Crippen LogP contribution in [0.2, 0.25) is 0 Å². The first-order valence-electron chi connectivity index (χ1n) is 8.43. The van der Waals surface area contributed by atoms with Gasteiger partial charge in [0.2, 0.25) is 0 Å². The molecule has 150 valence electrons. The van der Waals surface area contributed by atoms with Gasteiger partial charge in [-0.2, -0.15) is 0 Å². The highest BCUT2D eigenvalue weighted by atomic mass is 32.2. The van der Waals surface area contributed by atoms with Crippen molar-refractivity contribution >= 4 is 39.5 Å². The number of benzene rings is 2. The largest absolute Gasteiger partial charge is 0.497 e. The average Bonchev–Trinajstić information content (AvgIpc) is 2.99. The minimum atomic E-state index is -0.492. The maximum Gasteiger partial charge on any atom is 0.308 e. The second-order valence-corrected chi connectivity index (χ2v) is 7.03. The van der Waals surface area contributed by atoms with Gasteiger partial charge in [0.1, 0.15) is 17.2 Å². The summed E-state index contributed by atoms with van der Waals surface area (Å²) < 4.78 is 12.0. The molecule has 0 aliphatic heterocycles. The lowest BCUT2D eigenvalue weighted by Gasteiger charge is -2.11. The van der Waals surface area contributed by atoms with E-state index < -0.39 is 10.9 Å². The summed E-state index contributed by atoms with van der Waals surface area (Å²) in [7, 11) is 1.55. The van der Waals surface area contributed by atoms with E-state index in [1.807, 2.05) is 0 Å². The van der Waals surface area contributed by atoms with Gasteiger partial charge < -0.3 is 19.8 Å². The van der Waals surface area contributed by atoms with Crippen molar-refractivity contribution in [2.45, 2.75) is 12.7 Å². The zero-order valence-electron chi connectivity index (χ0n) is 15.7. The van der Waals surface area contributed by atoms with Crippen molar-refractivity contribution in [1.82, 2.24) is 4.57 Å². The van der Waals surface area contributed by atoms with Crippen LogP contribution < -0.4 is 15.2 Å². The molecule has 0 saturated heterocycles. The first-order valence-corrected chi connectivity index (χ1v) is 9.41. The van der Waals surface area contributed by atoms with Crippen LogP contribution in [-0.4, -0.2) is 27.7 Å². The molecule has 3 N–H and O–H groups in total. The topological polar surface area (TPSA) is 133 Å². The van der Waals surface area contributed by atoms with Gasteiger partial charge in [0.25, 0.3) is 5.69 Å². The van der Waals surface area contributed by atoms with Crippen molar-refractivity contribution in [1.29, 1.82) is 5.41 Å². The first-order chi connectivity index (χ1) is 13.8. The van der Waals surface area contributed by atoms with E-state index in [2.05, 4.69) is 0 Å². The first kappa shape index (κ1) is 20.2. The number of nitrogens with one attached hydrogen (secondary N) is 1. The fourth-order valence-corrected chi connectivity index (χ4v) is 3.60. The number of nitrogens with zero attached hydrogens (tertiary/aromatic N) is 2. The van der Waals surface area contributed by atoms with Crippen molar-refractivity contribution in [3.63, 3.8) is 0 Å². The monoisotopic (exact) mass is 414 g/mol. The van der Waals surface area contributed by atoms with E-state index in [4.69, 9.17) is 20.6 Å². The number of aromatic nitrogens is 1. The minimum absolute atomic E-state index is 0.0843. The molecule has 9 nitrogen and oxygen atoms in total. The molecule has 3 aromatic rings. The summed E-state index contributed by atoms with van der Waals surface area (Å²) in [6.45, 7) is 1.28. The van der Waals surface area contributed by atoms with E-state index in [0.717, 1.165) is 11.8 Å². The van der Waals surface area contributed by atoms with E-state index in [1.54, 1.807) is 48.1 Å². The highest BCUT2D eigenvalue weighted by molar-refractivity contribution is 8.13. The van der Waals surface area contributed by atoms with Crippen LogP contribution in [0.25, 0.3) is 16.6 Å². The van der Waals surface area contributed by atoms with Crippen molar-refractivity contribution < 1.29 is 19.2 Å². The summed E-state index contributed by atoms with van der Waals surface area (Å²) in [5.74, 6) is 0.543. The Bertz CT molecular complexity index is 1110. The molecule has 0 bridgehead atoms. The molecular formula is C19H18N4O5S. The van der Waals surface area contributed by atoms with Crippen LogP contribution >= 0.6 is 11.8 Å². The Morgan fingerprint density at radius 3 is 2.45 bits per heavy atom. The molecule has 0 aliphatic rings. The Morgan fingerprint density at radius 2 is 1.90 bits per heavy atom. The minimum Gasteiger partial charge on any atom is -0.497 e. The second-order valence-electron chi connectivity index (χ2n) is 6.01. The van der Waals surface area contributed by atoms with Gasteiger partial charge >= 0.3 is 5.97 Å². The fourth-order valence-electron chi connectivity index (χ4n) is 3.04. The number of methoxy groups -OCH3 is 1. The van der Waals surface area contributed by atoms with E-state index >= 15 is 0 Å². The van der Waals surface area contributed by atoms with Crippen LogP contribution in [0.5, 0.6) is 11.5 Å². The van der Waals surface area contributed by atoms with Crippen LogP contribution in [0.15, 0.2) is 42.5 Å². The Hall–Kier alpha value is -3.53. The lowest BCUT2D eigenvalue weighted by Crippen LogP contribution is -2.07. The molecule has 3 rings (SSSR count). The molecule has 29 heavy (non-hydrogen) atoms.